The second kappa shape index (κ2) is 9.45. The minimum Gasteiger partial charge on any atom is -0.363 e. The van der Waals surface area contributed by atoms with Gasteiger partial charge in [0, 0.05) is 24.2 Å². The zero-order valence-electron chi connectivity index (χ0n) is 14.2. The van der Waals surface area contributed by atoms with Crippen LogP contribution in [0.1, 0.15) is 38.2 Å². The highest BCUT2D eigenvalue weighted by atomic mass is 35.5. The number of rotatable bonds is 6. The first-order chi connectivity index (χ1) is 11.1. The van der Waals surface area contributed by atoms with E-state index in [1.807, 2.05) is 18.2 Å². The van der Waals surface area contributed by atoms with Crippen LogP contribution in [0.2, 0.25) is 5.02 Å². The molecule has 0 spiro atoms. The van der Waals surface area contributed by atoms with Gasteiger partial charge in [-0.3, -0.25) is 0 Å². The summed E-state index contributed by atoms with van der Waals surface area (Å²) in [5.74, 6) is 0. The van der Waals surface area contributed by atoms with Gasteiger partial charge in [0.05, 0.1) is 0 Å². The molecule has 1 fully saturated rings. The molecule has 128 valence electrons. The Bertz CT molecular complexity index is 501. The molecule has 1 N–H and O–H groups in total. The van der Waals surface area contributed by atoms with E-state index in [9.17, 15) is 0 Å². The second-order valence-electron chi connectivity index (χ2n) is 6.34. The summed E-state index contributed by atoms with van der Waals surface area (Å²) >= 11 is 12.1. The maximum Gasteiger partial charge on any atom is 0.169 e. The first kappa shape index (κ1) is 18.5. The van der Waals surface area contributed by atoms with Gasteiger partial charge in [-0.05, 0) is 63.2 Å². The fourth-order valence-electron chi connectivity index (χ4n) is 2.96. The Hall–Kier alpha value is -0.840. The highest BCUT2D eigenvalue weighted by Gasteiger charge is 2.25. The number of thiocarbonyl (C=S) groups is 1. The number of benzene rings is 1. The molecule has 2 rings (SSSR count). The van der Waals surface area contributed by atoms with Gasteiger partial charge in [0.15, 0.2) is 5.11 Å². The van der Waals surface area contributed by atoms with E-state index in [-0.39, 0.29) is 0 Å². The van der Waals surface area contributed by atoms with Crippen LogP contribution >= 0.6 is 23.8 Å². The monoisotopic (exact) mass is 353 g/mol. The van der Waals surface area contributed by atoms with E-state index in [2.05, 4.69) is 35.2 Å². The Balaban J connectivity index is 2.07. The van der Waals surface area contributed by atoms with E-state index in [0.717, 1.165) is 61.1 Å². The van der Waals surface area contributed by atoms with Gasteiger partial charge in [-0.1, -0.05) is 43.1 Å². The van der Waals surface area contributed by atoms with Crippen LogP contribution in [-0.2, 0) is 6.54 Å². The number of hydrogen-bond donors (Lipinski definition) is 1. The van der Waals surface area contributed by atoms with E-state index >= 15 is 0 Å². The van der Waals surface area contributed by atoms with Gasteiger partial charge in [0.25, 0.3) is 0 Å². The molecule has 1 aliphatic heterocycles. The third-order valence-electron chi connectivity index (χ3n) is 4.49. The van der Waals surface area contributed by atoms with Gasteiger partial charge < -0.3 is 15.1 Å². The lowest BCUT2D eigenvalue weighted by molar-refractivity contribution is 0.171. The van der Waals surface area contributed by atoms with Crippen LogP contribution in [-0.4, -0.2) is 47.6 Å². The van der Waals surface area contributed by atoms with Crippen molar-refractivity contribution in [2.75, 3.05) is 26.7 Å². The maximum absolute atomic E-state index is 6.36. The average molecular weight is 354 g/mol. The predicted molar refractivity (Wildman–Crippen MR) is 103 cm³/mol. The first-order valence-electron chi connectivity index (χ1n) is 8.58. The lowest BCUT2D eigenvalue weighted by Crippen LogP contribution is -2.49. The molecule has 3 nitrogen and oxygen atoms in total. The molecule has 0 aliphatic carbocycles. The molecule has 0 radical (unpaired) electrons. The number of nitrogens with zero attached hydrogens (tertiary/aromatic N) is 2. The van der Waals surface area contributed by atoms with Crippen LogP contribution in [0.4, 0.5) is 0 Å². The van der Waals surface area contributed by atoms with E-state index in [4.69, 9.17) is 23.8 Å². The number of nitrogens with one attached hydrogen (secondary N) is 1. The van der Waals surface area contributed by atoms with Gasteiger partial charge in [0.1, 0.15) is 0 Å². The molecule has 23 heavy (non-hydrogen) atoms. The lowest BCUT2D eigenvalue weighted by Gasteiger charge is -2.39. The van der Waals surface area contributed by atoms with E-state index in [1.54, 1.807) is 0 Å². The first-order valence-corrected chi connectivity index (χ1v) is 9.37. The highest BCUT2D eigenvalue weighted by molar-refractivity contribution is 7.80. The van der Waals surface area contributed by atoms with Gasteiger partial charge in [-0.15, -0.1) is 0 Å². The summed E-state index contributed by atoms with van der Waals surface area (Å²) in [7, 11) is 2.19. The highest BCUT2D eigenvalue weighted by Crippen LogP contribution is 2.22. The summed E-state index contributed by atoms with van der Waals surface area (Å²) in [5, 5.41) is 5.12. The topological polar surface area (TPSA) is 18.5 Å². The minimum absolute atomic E-state index is 0.490. The average Bonchev–Trinajstić information content (AvgIpc) is 2.55. The molecule has 1 heterocycles. The smallest absolute Gasteiger partial charge is 0.169 e. The molecular weight excluding hydrogens is 326 g/mol. The Morgan fingerprint density at radius 1 is 1.35 bits per heavy atom. The van der Waals surface area contributed by atoms with Gasteiger partial charge >= 0.3 is 0 Å². The minimum atomic E-state index is 0.490. The number of hydrogen-bond acceptors (Lipinski definition) is 2. The fourth-order valence-corrected chi connectivity index (χ4v) is 3.47. The maximum atomic E-state index is 6.36. The Morgan fingerprint density at radius 2 is 2.04 bits per heavy atom. The van der Waals surface area contributed by atoms with E-state index < -0.39 is 0 Å². The van der Waals surface area contributed by atoms with Gasteiger partial charge in [-0.2, -0.15) is 0 Å². The lowest BCUT2D eigenvalue weighted by atomic mass is 10.0. The summed E-state index contributed by atoms with van der Waals surface area (Å²) in [5.41, 5.74) is 1.15. The third kappa shape index (κ3) is 5.63. The quantitative estimate of drug-likeness (QED) is 0.617. The Labute approximate surface area is 151 Å². The van der Waals surface area contributed by atoms with Crippen LogP contribution in [0.5, 0.6) is 0 Å². The molecule has 1 aliphatic rings. The molecule has 0 aromatic heterocycles. The number of piperidine rings is 1. The molecule has 0 bridgehead atoms. The zero-order chi connectivity index (χ0) is 16.7. The molecule has 0 unspecified atom stereocenters. The zero-order valence-corrected chi connectivity index (χ0v) is 15.8. The standard InChI is InChI=1S/C18H28ClN3S/c1-3-4-11-20-18(23)22(16-9-12-21(2)13-10-16)14-15-7-5-6-8-17(15)19/h5-8,16H,3-4,9-14H2,1-2H3,(H,20,23). The predicted octanol–water partition coefficient (Wildman–Crippen LogP) is 3.91. The molecular formula is C18H28ClN3S. The van der Waals surface area contributed by atoms with Crippen LogP contribution in [0.15, 0.2) is 24.3 Å². The van der Waals surface area contributed by atoms with Gasteiger partial charge in [-0.25, -0.2) is 0 Å². The van der Waals surface area contributed by atoms with E-state index in [1.165, 1.54) is 6.42 Å². The third-order valence-corrected chi connectivity index (χ3v) is 5.24. The number of halogens is 1. The SMILES string of the molecule is CCCCNC(=S)N(Cc1ccccc1Cl)C1CCN(C)CC1. The van der Waals surface area contributed by atoms with Crippen molar-refractivity contribution in [2.45, 2.75) is 45.2 Å². The molecule has 5 heteroatoms. The molecule has 1 saturated heterocycles. The second-order valence-corrected chi connectivity index (χ2v) is 7.13. The number of unbranched alkanes of at least 4 members (excludes halogenated alkanes) is 1. The van der Waals surface area contributed by atoms with Crippen LogP contribution in [0, 0.1) is 0 Å². The normalized spacial score (nSPS) is 16.3. The van der Waals surface area contributed by atoms with Crippen molar-refractivity contribution in [1.29, 1.82) is 0 Å². The summed E-state index contributed by atoms with van der Waals surface area (Å²) < 4.78 is 0. The molecule has 0 amide bonds. The summed E-state index contributed by atoms with van der Waals surface area (Å²) in [6.07, 6.45) is 4.62. The van der Waals surface area contributed by atoms with Crippen molar-refractivity contribution in [2.24, 2.45) is 0 Å². The van der Waals surface area contributed by atoms with Crippen molar-refractivity contribution in [3.8, 4) is 0 Å². The van der Waals surface area contributed by atoms with Crippen molar-refractivity contribution >= 4 is 28.9 Å². The largest absolute Gasteiger partial charge is 0.363 e. The Kier molecular flexibility index (Phi) is 7.60. The van der Waals surface area contributed by atoms with Crippen molar-refractivity contribution < 1.29 is 0 Å². The molecule has 0 atom stereocenters. The summed E-state index contributed by atoms with van der Waals surface area (Å²) in [4.78, 5) is 4.73. The van der Waals surface area contributed by atoms with Crippen molar-refractivity contribution in [1.82, 2.24) is 15.1 Å². The fraction of sp³-hybridized carbons (Fsp3) is 0.611. The Morgan fingerprint density at radius 3 is 2.70 bits per heavy atom. The summed E-state index contributed by atoms with van der Waals surface area (Å²) in [6.45, 7) is 6.18. The number of likely N-dealkylation sites (tertiary alicyclic amines) is 1. The molecule has 1 aromatic carbocycles. The van der Waals surface area contributed by atoms with Crippen LogP contribution in [0.3, 0.4) is 0 Å². The molecule has 1 aromatic rings. The van der Waals surface area contributed by atoms with Gasteiger partial charge in [0.2, 0.25) is 0 Å². The van der Waals surface area contributed by atoms with Crippen molar-refractivity contribution in [3.63, 3.8) is 0 Å². The van der Waals surface area contributed by atoms with Crippen LogP contribution < -0.4 is 5.32 Å². The molecule has 0 saturated carbocycles. The van der Waals surface area contributed by atoms with Crippen molar-refractivity contribution in [3.05, 3.63) is 34.9 Å². The van der Waals surface area contributed by atoms with Crippen LogP contribution in [0.25, 0.3) is 0 Å². The van der Waals surface area contributed by atoms with E-state index in [0.29, 0.717) is 6.04 Å². The summed E-state index contributed by atoms with van der Waals surface area (Å²) in [6, 6.07) is 8.56.